The lowest BCUT2D eigenvalue weighted by molar-refractivity contribution is 0.169. The topological polar surface area (TPSA) is 21.3 Å². The molecule has 102 valence electrons. The molecule has 1 saturated heterocycles. The van der Waals surface area contributed by atoms with E-state index >= 15 is 0 Å². The monoisotopic (exact) mass is 241 g/mol. The molecule has 0 spiro atoms. The number of unbranched alkanes of at least 4 members (excludes halogenated alkanes) is 6. The Morgan fingerprint density at radius 2 is 1.47 bits per heavy atom. The molecule has 0 aromatic rings. The molecule has 1 aliphatic rings. The van der Waals surface area contributed by atoms with E-state index in [1.54, 1.807) is 0 Å². The van der Waals surface area contributed by atoms with Crippen molar-refractivity contribution in [3.8, 4) is 0 Å². The summed E-state index contributed by atoms with van der Waals surface area (Å²) in [4.78, 5) is 0. The molecule has 2 nitrogen and oxygen atoms in total. The first-order chi connectivity index (χ1) is 8.33. The first-order valence-corrected chi connectivity index (χ1v) is 7.66. The van der Waals surface area contributed by atoms with Gasteiger partial charge in [-0.25, -0.2) is 0 Å². The molecule has 1 N–H and O–H groups in total. The van der Waals surface area contributed by atoms with E-state index in [4.69, 9.17) is 4.74 Å². The van der Waals surface area contributed by atoms with Crippen molar-refractivity contribution >= 4 is 0 Å². The molecule has 1 aliphatic heterocycles. The van der Waals surface area contributed by atoms with Gasteiger partial charge in [-0.05, 0) is 12.8 Å². The van der Waals surface area contributed by atoms with Crippen molar-refractivity contribution in [1.29, 1.82) is 0 Å². The van der Waals surface area contributed by atoms with Crippen molar-refractivity contribution in [3.05, 3.63) is 0 Å². The number of rotatable bonds is 10. The number of nitrogens with one attached hydrogen (secondary N) is 1. The summed E-state index contributed by atoms with van der Waals surface area (Å²) >= 11 is 0. The van der Waals surface area contributed by atoms with Gasteiger partial charge in [-0.3, -0.25) is 5.32 Å². The fourth-order valence-corrected chi connectivity index (χ4v) is 2.73. The highest BCUT2D eigenvalue weighted by molar-refractivity contribution is 4.90. The molecular formula is C15H31NO. The van der Waals surface area contributed by atoms with Gasteiger partial charge in [0.05, 0.1) is 13.3 Å². The van der Waals surface area contributed by atoms with E-state index < -0.39 is 0 Å². The molecule has 0 saturated carbocycles. The summed E-state index contributed by atoms with van der Waals surface area (Å²) in [5.41, 5.74) is 0.321. The van der Waals surface area contributed by atoms with Gasteiger partial charge < -0.3 is 4.74 Å². The molecular weight excluding hydrogens is 210 g/mol. The van der Waals surface area contributed by atoms with E-state index in [0.717, 1.165) is 13.3 Å². The molecule has 1 unspecified atom stereocenters. The van der Waals surface area contributed by atoms with Gasteiger partial charge in [-0.1, -0.05) is 65.2 Å². The van der Waals surface area contributed by atoms with Crippen LogP contribution in [0.1, 0.15) is 78.1 Å². The largest absolute Gasteiger partial charge is 0.364 e. The van der Waals surface area contributed by atoms with Gasteiger partial charge in [0.1, 0.15) is 0 Å². The maximum absolute atomic E-state index is 5.56. The summed E-state index contributed by atoms with van der Waals surface area (Å²) in [7, 11) is 0. The molecule has 1 atom stereocenters. The van der Waals surface area contributed by atoms with Crippen LogP contribution in [0, 0.1) is 0 Å². The number of hydrogen-bond acceptors (Lipinski definition) is 2. The third kappa shape index (κ3) is 5.87. The van der Waals surface area contributed by atoms with Crippen LogP contribution in [0.15, 0.2) is 0 Å². The zero-order chi connectivity index (χ0) is 12.4. The number of ether oxygens (including phenoxy) is 1. The number of hydrogen-bond donors (Lipinski definition) is 1. The summed E-state index contributed by atoms with van der Waals surface area (Å²) in [6.07, 6.45) is 13.5. The van der Waals surface area contributed by atoms with Gasteiger partial charge in [-0.2, -0.15) is 0 Å². The summed E-state index contributed by atoms with van der Waals surface area (Å²) in [5.74, 6) is 0. The Balaban J connectivity index is 2.17. The molecule has 0 bridgehead atoms. The minimum absolute atomic E-state index is 0.321. The van der Waals surface area contributed by atoms with E-state index in [0.29, 0.717) is 5.54 Å². The Morgan fingerprint density at radius 3 is 2.06 bits per heavy atom. The third-order valence-electron chi connectivity index (χ3n) is 3.95. The van der Waals surface area contributed by atoms with Crippen LogP contribution < -0.4 is 5.32 Å². The standard InChI is InChI=1S/C15H31NO/c1-3-5-7-8-10-12-15(11-9-6-4-2)13-17-14-16-15/h16H,3-14H2,1-2H3. The average molecular weight is 241 g/mol. The fourth-order valence-electron chi connectivity index (χ4n) is 2.73. The second-order valence-corrected chi connectivity index (χ2v) is 5.57. The van der Waals surface area contributed by atoms with Gasteiger partial charge >= 0.3 is 0 Å². The van der Waals surface area contributed by atoms with Crippen LogP contribution in [-0.2, 0) is 4.74 Å². The van der Waals surface area contributed by atoms with Crippen molar-refractivity contribution in [1.82, 2.24) is 5.32 Å². The third-order valence-corrected chi connectivity index (χ3v) is 3.95. The zero-order valence-electron chi connectivity index (χ0n) is 11.9. The molecule has 1 fully saturated rings. The van der Waals surface area contributed by atoms with E-state index in [1.165, 1.54) is 64.2 Å². The van der Waals surface area contributed by atoms with Crippen LogP contribution in [0.3, 0.4) is 0 Å². The maximum atomic E-state index is 5.56. The summed E-state index contributed by atoms with van der Waals surface area (Å²) in [6.45, 7) is 6.25. The van der Waals surface area contributed by atoms with Crippen molar-refractivity contribution in [3.63, 3.8) is 0 Å². The lowest BCUT2D eigenvalue weighted by Gasteiger charge is -2.28. The summed E-state index contributed by atoms with van der Waals surface area (Å²) in [6, 6.07) is 0. The quantitative estimate of drug-likeness (QED) is 0.578. The normalized spacial score (nSPS) is 24.4. The molecule has 0 aromatic carbocycles. The van der Waals surface area contributed by atoms with E-state index in [9.17, 15) is 0 Å². The van der Waals surface area contributed by atoms with Crippen LogP contribution >= 0.6 is 0 Å². The van der Waals surface area contributed by atoms with Gasteiger partial charge in [-0.15, -0.1) is 0 Å². The van der Waals surface area contributed by atoms with Gasteiger partial charge in [0.2, 0.25) is 0 Å². The van der Waals surface area contributed by atoms with E-state index in [1.807, 2.05) is 0 Å². The first-order valence-electron chi connectivity index (χ1n) is 7.66. The molecule has 1 heterocycles. The molecule has 0 amide bonds. The minimum atomic E-state index is 0.321. The Morgan fingerprint density at radius 1 is 0.882 bits per heavy atom. The highest BCUT2D eigenvalue weighted by Gasteiger charge is 2.32. The van der Waals surface area contributed by atoms with Crippen molar-refractivity contribution in [2.24, 2.45) is 0 Å². The average Bonchev–Trinajstić information content (AvgIpc) is 2.79. The van der Waals surface area contributed by atoms with Crippen LogP contribution in [0.5, 0.6) is 0 Å². The SMILES string of the molecule is CCCCCCCC1(CCCCC)COCN1. The zero-order valence-corrected chi connectivity index (χ0v) is 11.9. The van der Waals surface area contributed by atoms with E-state index in [2.05, 4.69) is 19.2 Å². The van der Waals surface area contributed by atoms with Crippen LogP contribution in [0.2, 0.25) is 0 Å². The van der Waals surface area contributed by atoms with Crippen LogP contribution in [-0.4, -0.2) is 18.9 Å². The van der Waals surface area contributed by atoms with Gasteiger partial charge in [0.15, 0.2) is 0 Å². The van der Waals surface area contributed by atoms with Gasteiger partial charge in [0, 0.05) is 5.54 Å². The predicted octanol–water partition coefficient (Wildman–Crippen LogP) is 4.24. The minimum Gasteiger partial charge on any atom is -0.364 e. The Hall–Kier alpha value is -0.0800. The highest BCUT2D eigenvalue weighted by atomic mass is 16.5. The lowest BCUT2D eigenvalue weighted by Crippen LogP contribution is -2.42. The molecule has 2 heteroatoms. The predicted molar refractivity (Wildman–Crippen MR) is 74.2 cm³/mol. The Bertz CT molecular complexity index is 176. The Kier molecular flexibility index (Phi) is 7.87. The highest BCUT2D eigenvalue weighted by Crippen LogP contribution is 2.26. The second-order valence-electron chi connectivity index (χ2n) is 5.57. The van der Waals surface area contributed by atoms with E-state index in [-0.39, 0.29) is 0 Å². The molecule has 0 aromatic heterocycles. The molecule has 0 radical (unpaired) electrons. The van der Waals surface area contributed by atoms with Crippen molar-refractivity contribution in [2.75, 3.05) is 13.3 Å². The molecule has 0 aliphatic carbocycles. The lowest BCUT2D eigenvalue weighted by atomic mass is 9.88. The molecule has 17 heavy (non-hydrogen) atoms. The van der Waals surface area contributed by atoms with Crippen molar-refractivity contribution < 1.29 is 4.74 Å². The maximum Gasteiger partial charge on any atom is 0.0971 e. The van der Waals surface area contributed by atoms with Crippen LogP contribution in [0.25, 0.3) is 0 Å². The van der Waals surface area contributed by atoms with Gasteiger partial charge in [0.25, 0.3) is 0 Å². The summed E-state index contributed by atoms with van der Waals surface area (Å²) in [5, 5.41) is 3.60. The fraction of sp³-hybridized carbons (Fsp3) is 1.00. The van der Waals surface area contributed by atoms with Crippen molar-refractivity contribution in [2.45, 2.75) is 83.6 Å². The molecule has 1 rings (SSSR count). The second kappa shape index (κ2) is 8.93. The smallest absolute Gasteiger partial charge is 0.0971 e. The Labute approximate surface area is 108 Å². The first kappa shape index (κ1) is 15.0. The van der Waals surface area contributed by atoms with Crippen LogP contribution in [0.4, 0.5) is 0 Å². The summed E-state index contributed by atoms with van der Waals surface area (Å²) < 4.78 is 5.56.